The van der Waals surface area contributed by atoms with Gasteiger partial charge in [0.1, 0.15) is 16.6 Å². The number of hydrogen-bond donors (Lipinski definition) is 1. The fourth-order valence-electron chi connectivity index (χ4n) is 1.86. The number of nitrogens with zero attached hydrogens (tertiary/aromatic N) is 1. The minimum Gasteiger partial charge on any atom is -0.598 e. The molecular formula is C15H21FN2OS. The molecule has 0 fully saturated rings. The molecule has 0 aliphatic carbocycles. The SMILES string of the molecule is CCC(c1ccc(F)cc1)C(C#N)N[S+]([O-])C(C)(C)C. The number of nitriles is 1. The molecule has 0 saturated heterocycles. The smallest absolute Gasteiger partial charge is 0.146 e. The molecule has 20 heavy (non-hydrogen) atoms. The van der Waals surface area contributed by atoms with Gasteiger partial charge in [-0.1, -0.05) is 19.1 Å². The summed E-state index contributed by atoms with van der Waals surface area (Å²) in [5.41, 5.74) is 0.874. The van der Waals surface area contributed by atoms with Crippen molar-refractivity contribution in [1.82, 2.24) is 4.72 Å². The van der Waals surface area contributed by atoms with E-state index in [4.69, 9.17) is 0 Å². The maximum atomic E-state index is 13.0. The Bertz CT molecular complexity index is 464. The second-order valence-corrected chi connectivity index (χ2v) is 7.67. The summed E-state index contributed by atoms with van der Waals surface area (Å²) >= 11 is -1.31. The van der Waals surface area contributed by atoms with E-state index in [1.165, 1.54) is 12.1 Å². The number of hydrogen-bond acceptors (Lipinski definition) is 3. The van der Waals surface area contributed by atoms with Crippen LogP contribution in [0.25, 0.3) is 0 Å². The Hall–Kier alpha value is -1.09. The Labute approximate surface area is 123 Å². The molecule has 1 aromatic carbocycles. The van der Waals surface area contributed by atoms with Gasteiger partial charge in [-0.25, -0.2) is 4.39 Å². The summed E-state index contributed by atoms with van der Waals surface area (Å²) in [5.74, 6) is -0.421. The maximum absolute atomic E-state index is 13.0. The van der Waals surface area contributed by atoms with E-state index in [9.17, 15) is 14.2 Å². The molecule has 3 atom stereocenters. The fraction of sp³-hybridized carbons (Fsp3) is 0.533. The second-order valence-electron chi connectivity index (χ2n) is 5.67. The molecule has 0 aliphatic heterocycles. The van der Waals surface area contributed by atoms with E-state index in [-0.39, 0.29) is 11.7 Å². The molecule has 1 rings (SSSR count). The molecule has 0 saturated carbocycles. The van der Waals surface area contributed by atoms with Crippen LogP contribution in [0.1, 0.15) is 45.6 Å². The Morgan fingerprint density at radius 2 is 1.90 bits per heavy atom. The van der Waals surface area contributed by atoms with E-state index in [2.05, 4.69) is 10.8 Å². The van der Waals surface area contributed by atoms with Gasteiger partial charge in [0.25, 0.3) is 0 Å². The van der Waals surface area contributed by atoms with Crippen molar-refractivity contribution in [2.45, 2.75) is 50.8 Å². The molecule has 0 aliphatic rings. The van der Waals surface area contributed by atoms with Crippen LogP contribution in [0.5, 0.6) is 0 Å². The van der Waals surface area contributed by atoms with E-state index >= 15 is 0 Å². The highest BCUT2D eigenvalue weighted by Crippen LogP contribution is 2.25. The van der Waals surface area contributed by atoms with Gasteiger partial charge in [-0.05, 0) is 44.9 Å². The van der Waals surface area contributed by atoms with Gasteiger partial charge in [-0.3, -0.25) is 0 Å². The van der Waals surface area contributed by atoms with Crippen LogP contribution < -0.4 is 4.72 Å². The molecule has 5 heteroatoms. The van der Waals surface area contributed by atoms with Crippen LogP contribution >= 0.6 is 0 Å². The molecular weight excluding hydrogens is 275 g/mol. The molecule has 0 heterocycles. The van der Waals surface area contributed by atoms with Gasteiger partial charge < -0.3 is 4.55 Å². The number of nitrogens with one attached hydrogen (secondary N) is 1. The van der Waals surface area contributed by atoms with Gasteiger partial charge in [0.05, 0.1) is 6.07 Å². The van der Waals surface area contributed by atoms with Crippen molar-refractivity contribution in [1.29, 1.82) is 5.26 Å². The number of halogens is 1. The highest BCUT2D eigenvalue weighted by molar-refractivity contribution is 7.90. The van der Waals surface area contributed by atoms with Crippen molar-refractivity contribution in [3.8, 4) is 6.07 Å². The lowest BCUT2D eigenvalue weighted by Crippen LogP contribution is -2.46. The molecule has 1 N–H and O–H groups in total. The monoisotopic (exact) mass is 296 g/mol. The minimum atomic E-state index is -1.31. The predicted molar refractivity (Wildman–Crippen MR) is 79.9 cm³/mol. The normalized spacial score (nSPS) is 16.2. The van der Waals surface area contributed by atoms with Crippen LogP contribution in [0.2, 0.25) is 0 Å². The van der Waals surface area contributed by atoms with Gasteiger partial charge in [0.15, 0.2) is 0 Å². The maximum Gasteiger partial charge on any atom is 0.146 e. The van der Waals surface area contributed by atoms with Crippen LogP contribution in [0.15, 0.2) is 24.3 Å². The molecule has 1 aromatic rings. The first-order valence-corrected chi connectivity index (χ1v) is 7.77. The average Bonchev–Trinajstić information content (AvgIpc) is 2.39. The lowest BCUT2D eigenvalue weighted by Gasteiger charge is -2.28. The van der Waals surface area contributed by atoms with Gasteiger partial charge in [-0.2, -0.15) is 5.26 Å². The van der Waals surface area contributed by atoms with Crippen molar-refractivity contribution >= 4 is 11.4 Å². The topological polar surface area (TPSA) is 58.9 Å². The lowest BCUT2D eigenvalue weighted by atomic mass is 9.90. The summed E-state index contributed by atoms with van der Waals surface area (Å²) in [5, 5.41) is 9.34. The average molecular weight is 296 g/mol. The zero-order valence-corrected chi connectivity index (χ0v) is 13.1. The molecule has 110 valence electrons. The van der Waals surface area contributed by atoms with Crippen LogP contribution in [-0.2, 0) is 11.4 Å². The zero-order valence-electron chi connectivity index (χ0n) is 12.3. The van der Waals surface area contributed by atoms with Crippen LogP contribution in [0.4, 0.5) is 4.39 Å². The van der Waals surface area contributed by atoms with Gasteiger partial charge in [0, 0.05) is 17.3 Å². The standard InChI is InChI=1S/C15H21FN2OS/c1-5-13(11-6-8-12(16)9-7-11)14(10-17)18-20(19)15(2,3)4/h6-9,13-14,18H,5H2,1-4H3. The molecule has 0 spiro atoms. The quantitative estimate of drug-likeness (QED) is 0.848. The first-order chi connectivity index (χ1) is 9.29. The van der Waals surface area contributed by atoms with Gasteiger partial charge in [-0.15, -0.1) is 4.72 Å². The molecule has 0 radical (unpaired) electrons. The summed E-state index contributed by atoms with van der Waals surface area (Å²) in [6.07, 6.45) is 0.707. The summed E-state index contributed by atoms with van der Waals surface area (Å²) in [7, 11) is 0. The summed E-state index contributed by atoms with van der Waals surface area (Å²) < 4.78 is 27.6. The first-order valence-electron chi connectivity index (χ1n) is 6.62. The third-order valence-electron chi connectivity index (χ3n) is 3.07. The van der Waals surface area contributed by atoms with E-state index in [1.54, 1.807) is 12.1 Å². The predicted octanol–water partition coefficient (Wildman–Crippen LogP) is 3.26. The lowest BCUT2D eigenvalue weighted by molar-refractivity contribution is 0.507. The molecule has 0 bridgehead atoms. The highest BCUT2D eigenvalue weighted by atomic mass is 32.2. The Kier molecular flexibility index (Phi) is 6.00. The third-order valence-corrected chi connectivity index (χ3v) is 4.65. The van der Waals surface area contributed by atoms with Crippen molar-refractivity contribution in [2.75, 3.05) is 0 Å². The van der Waals surface area contributed by atoms with Crippen LogP contribution in [0.3, 0.4) is 0 Å². The van der Waals surface area contributed by atoms with Crippen LogP contribution in [0, 0.1) is 17.1 Å². The molecule has 0 amide bonds. The molecule has 0 aromatic heterocycles. The summed E-state index contributed by atoms with van der Waals surface area (Å²) in [6, 6.07) is 7.72. The Morgan fingerprint density at radius 3 is 2.30 bits per heavy atom. The van der Waals surface area contributed by atoms with Crippen molar-refractivity contribution in [3.63, 3.8) is 0 Å². The Balaban J connectivity index is 2.91. The van der Waals surface area contributed by atoms with Crippen molar-refractivity contribution < 1.29 is 8.94 Å². The molecule has 3 unspecified atom stereocenters. The highest BCUT2D eigenvalue weighted by Gasteiger charge is 2.32. The van der Waals surface area contributed by atoms with E-state index < -0.39 is 22.2 Å². The van der Waals surface area contributed by atoms with Crippen LogP contribution in [-0.4, -0.2) is 15.3 Å². The minimum absolute atomic E-state index is 0.119. The number of benzene rings is 1. The number of rotatable bonds is 5. The fourth-order valence-corrected chi connectivity index (χ4v) is 2.67. The van der Waals surface area contributed by atoms with Crippen molar-refractivity contribution in [2.24, 2.45) is 0 Å². The second kappa shape index (κ2) is 7.07. The van der Waals surface area contributed by atoms with E-state index in [1.807, 2.05) is 27.7 Å². The largest absolute Gasteiger partial charge is 0.598 e. The van der Waals surface area contributed by atoms with E-state index in [0.29, 0.717) is 6.42 Å². The third kappa shape index (κ3) is 4.48. The Morgan fingerprint density at radius 1 is 1.35 bits per heavy atom. The van der Waals surface area contributed by atoms with Gasteiger partial charge in [0.2, 0.25) is 0 Å². The summed E-state index contributed by atoms with van der Waals surface area (Å²) in [6.45, 7) is 7.51. The van der Waals surface area contributed by atoms with E-state index in [0.717, 1.165) is 5.56 Å². The van der Waals surface area contributed by atoms with Gasteiger partial charge >= 0.3 is 0 Å². The molecule has 3 nitrogen and oxygen atoms in total. The summed E-state index contributed by atoms with van der Waals surface area (Å²) in [4.78, 5) is 0. The zero-order chi connectivity index (χ0) is 15.3. The van der Waals surface area contributed by atoms with Crippen molar-refractivity contribution in [3.05, 3.63) is 35.6 Å². The first kappa shape index (κ1) is 17.0.